The first-order chi connectivity index (χ1) is 9.01. The standard InChI is InChI=1S/C15H18O4/c1-9-11-4-3-10-5-6-14(2)17-8-15(10,19-14)7-12(11)18-13(9)16/h3,11-12H,1,4-8H2,2H3/t11-,12-,14+,15+/m1/s1. The average molecular weight is 262 g/mol. The number of carbonyl (C=O) groups is 1. The predicted molar refractivity (Wildman–Crippen MR) is 67.2 cm³/mol. The van der Waals surface area contributed by atoms with Crippen LogP contribution in [0.2, 0.25) is 0 Å². The van der Waals surface area contributed by atoms with Gasteiger partial charge in [-0.1, -0.05) is 12.7 Å². The summed E-state index contributed by atoms with van der Waals surface area (Å²) >= 11 is 0. The highest BCUT2D eigenvalue weighted by Crippen LogP contribution is 2.52. The van der Waals surface area contributed by atoms with Gasteiger partial charge >= 0.3 is 5.97 Å². The number of carbonyl (C=O) groups excluding carboxylic acids is 1. The van der Waals surface area contributed by atoms with E-state index in [0.29, 0.717) is 18.6 Å². The van der Waals surface area contributed by atoms with Crippen molar-refractivity contribution in [2.24, 2.45) is 5.92 Å². The highest BCUT2D eigenvalue weighted by molar-refractivity contribution is 5.90. The average Bonchev–Trinajstić information content (AvgIpc) is 2.71. The minimum atomic E-state index is -0.462. The molecule has 0 amide bonds. The van der Waals surface area contributed by atoms with Gasteiger partial charge in [-0.25, -0.2) is 4.79 Å². The van der Waals surface area contributed by atoms with Gasteiger partial charge in [0.05, 0.1) is 6.61 Å². The highest BCUT2D eigenvalue weighted by Gasteiger charge is 2.57. The summed E-state index contributed by atoms with van der Waals surface area (Å²) in [4.78, 5) is 11.7. The Bertz CT molecular complexity index is 508. The number of rotatable bonds is 0. The Hall–Kier alpha value is -1.13. The number of esters is 1. The van der Waals surface area contributed by atoms with Crippen LogP contribution in [0.5, 0.6) is 0 Å². The molecule has 4 atom stereocenters. The molecule has 0 aromatic carbocycles. The van der Waals surface area contributed by atoms with Crippen LogP contribution in [0.15, 0.2) is 23.8 Å². The van der Waals surface area contributed by atoms with Gasteiger partial charge in [-0.15, -0.1) is 0 Å². The predicted octanol–water partition coefficient (Wildman–Crippen LogP) is 2.10. The second-order valence-corrected chi connectivity index (χ2v) is 6.26. The van der Waals surface area contributed by atoms with E-state index < -0.39 is 5.79 Å². The van der Waals surface area contributed by atoms with Crippen molar-refractivity contribution in [1.29, 1.82) is 0 Å². The molecule has 4 heteroatoms. The molecule has 0 unspecified atom stereocenters. The Morgan fingerprint density at radius 2 is 2.32 bits per heavy atom. The van der Waals surface area contributed by atoms with E-state index >= 15 is 0 Å². The summed E-state index contributed by atoms with van der Waals surface area (Å²) in [6.07, 6.45) is 5.55. The van der Waals surface area contributed by atoms with E-state index in [4.69, 9.17) is 14.2 Å². The van der Waals surface area contributed by atoms with Gasteiger partial charge in [0.25, 0.3) is 0 Å². The van der Waals surface area contributed by atoms with Crippen molar-refractivity contribution in [3.05, 3.63) is 23.8 Å². The summed E-state index contributed by atoms with van der Waals surface area (Å²) in [5, 5.41) is 0. The first-order valence-electron chi connectivity index (χ1n) is 6.95. The lowest BCUT2D eigenvalue weighted by atomic mass is 9.83. The fourth-order valence-corrected chi connectivity index (χ4v) is 3.88. The first-order valence-corrected chi connectivity index (χ1v) is 6.95. The summed E-state index contributed by atoms with van der Waals surface area (Å²) < 4.78 is 17.6. The molecule has 2 bridgehead atoms. The fourth-order valence-electron chi connectivity index (χ4n) is 3.88. The van der Waals surface area contributed by atoms with Gasteiger partial charge in [-0.2, -0.15) is 0 Å². The molecular weight excluding hydrogens is 244 g/mol. The normalized spacial score (nSPS) is 48.2. The van der Waals surface area contributed by atoms with E-state index in [2.05, 4.69) is 12.7 Å². The van der Waals surface area contributed by atoms with E-state index in [0.717, 1.165) is 19.3 Å². The number of hydrogen-bond donors (Lipinski definition) is 0. The molecule has 4 aliphatic rings. The van der Waals surface area contributed by atoms with Crippen LogP contribution in [0.25, 0.3) is 0 Å². The van der Waals surface area contributed by atoms with Crippen LogP contribution in [0.3, 0.4) is 0 Å². The molecule has 19 heavy (non-hydrogen) atoms. The summed E-state index contributed by atoms with van der Waals surface area (Å²) in [6, 6.07) is 0. The lowest BCUT2D eigenvalue weighted by molar-refractivity contribution is -0.189. The fraction of sp³-hybridized carbons (Fsp3) is 0.667. The molecule has 3 heterocycles. The highest BCUT2D eigenvalue weighted by atomic mass is 16.8. The van der Waals surface area contributed by atoms with Crippen LogP contribution in [0.1, 0.15) is 32.6 Å². The Morgan fingerprint density at radius 3 is 3.16 bits per heavy atom. The van der Waals surface area contributed by atoms with Crippen molar-refractivity contribution < 1.29 is 19.0 Å². The SMILES string of the molecule is C=C1C(=O)O[C@@H]2C[C@]34CO[C@](C)(CCC3=CC[C@H]12)O4. The molecule has 0 N–H and O–H groups in total. The molecule has 3 aliphatic heterocycles. The second-order valence-electron chi connectivity index (χ2n) is 6.26. The maximum absolute atomic E-state index is 11.7. The molecule has 1 spiro atoms. The van der Waals surface area contributed by atoms with Gasteiger partial charge in [-0.05, 0) is 25.3 Å². The van der Waals surface area contributed by atoms with Crippen LogP contribution in [-0.2, 0) is 19.0 Å². The zero-order valence-corrected chi connectivity index (χ0v) is 11.1. The Kier molecular flexibility index (Phi) is 2.15. The van der Waals surface area contributed by atoms with Crippen molar-refractivity contribution in [2.45, 2.75) is 50.1 Å². The quantitative estimate of drug-likeness (QED) is 0.381. The van der Waals surface area contributed by atoms with Crippen molar-refractivity contribution in [2.75, 3.05) is 6.61 Å². The van der Waals surface area contributed by atoms with Crippen LogP contribution in [-0.4, -0.2) is 30.1 Å². The molecule has 102 valence electrons. The lowest BCUT2D eigenvalue weighted by Crippen LogP contribution is -2.44. The van der Waals surface area contributed by atoms with Crippen LogP contribution in [0.4, 0.5) is 0 Å². The minimum absolute atomic E-state index is 0.107. The molecule has 3 saturated heterocycles. The van der Waals surface area contributed by atoms with Crippen LogP contribution >= 0.6 is 0 Å². The van der Waals surface area contributed by atoms with E-state index in [1.165, 1.54) is 5.57 Å². The van der Waals surface area contributed by atoms with Crippen molar-refractivity contribution in [3.63, 3.8) is 0 Å². The number of hydrogen-bond acceptors (Lipinski definition) is 4. The van der Waals surface area contributed by atoms with Gasteiger partial charge in [-0.3, -0.25) is 0 Å². The monoisotopic (exact) mass is 262 g/mol. The van der Waals surface area contributed by atoms with E-state index in [9.17, 15) is 4.79 Å². The maximum atomic E-state index is 11.7. The largest absolute Gasteiger partial charge is 0.458 e. The Morgan fingerprint density at radius 1 is 1.47 bits per heavy atom. The van der Waals surface area contributed by atoms with Crippen molar-refractivity contribution >= 4 is 5.97 Å². The number of allylic oxidation sites excluding steroid dienone is 1. The zero-order valence-electron chi connectivity index (χ0n) is 11.1. The lowest BCUT2D eigenvalue weighted by Gasteiger charge is -2.38. The number of ether oxygens (including phenoxy) is 3. The van der Waals surface area contributed by atoms with Crippen molar-refractivity contribution in [3.8, 4) is 0 Å². The van der Waals surface area contributed by atoms with Gasteiger partial charge in [0, 0.05) is 24.3 Å². The smallest absolute Gasteiger partial charge is 0.334 e. The molecule has 0 saturated carbocycles. The molecule has 4 nitrogen and oxygen atoms in total. The third-order valence-electron chi connectivity index (χ3n) is 5.02. The Labute approximate surface area is 112 Å². The minimum Gasteiger partial charge on any atom is -0.458 e. The van der Waals surface area contributed by atoms with Crippen LogP contribution < -0.4 is 0 Å². The first kappa shape index (κ1) is 11.7. The van der Waals surface area contributed by atoms with E-state index in [1.54, 1.807) is 0 Å². The van der Waals surface area contributed by atoms with Gasteiger partial charge in [0.15, 0.2) is 5.79 Å². The molecule has 3 fully saturated rings. The van der Waals surface area contributed by atoms with Crippen LogP contribution in [0, 0.1) is 5.92 Å². The maximum Gasteiger partial charge on any atom is 0.334 e. The number of fused-ring (bicyclic) bond motifs is 2. The molecule has 4 rings (SSSR count). The molecule has 0 aromatic heterocycles. The van der Waals surface area contributed by atoms with Gasteiger partial charge < -0.3 is 14.2 Å². The summed E-state index contributed by atoms with van der Waals surface area (Å²) in [6.45, 7) is 6.45. The summed E-state index contributed by atoms with van der Waals surface area (Å²) in [5.41, 5.74) is 1.55. The van der Waals surface area contributed by atoms with Gasteiger partial charge in [0.2, 0.25) is 0 Å². The topological polar surface area (TPSA) is 44.8 Å². The van der Waals surface area contributed by atoms with E-state index in [-0.39, 0.29) is 23.6 Å². The molecule has 1 aliphatic carbocycles. The molecular formula is C15H18O4. The third-order valence-corrected chi connectivity index (χ3v) is 5.02. The molecule has 0 aromatic rings. The van der Waals surface area contributed by atoms with E-state index in [1.807, 2.05) is 6.92 Å². The third kappa shape index (κ3) is 1.50. The summed E-state index contributed by atoms with van der Waals surface area (Å²) in [7, 11) is 0. The van der Waals surface area contributed by atoms with Gasteiger partial charge in [0.1, 0.15) is 11.7 Å². The van der Waals surface area contributed by atoms with Crippen molar-refractivity contribution in [1.82, 2.24) is 0 Å². The summed E-state index contributed by atoms with van der Waals surface area (Å²) in [5.74, 6) is -0.604. The Balaban J connectivity index is 1.72. The molecule has 0 radical (unpaired) electrons. The second kappa shape index (κ2) is 3.49. The zero-order chi connectivity index (χ0) is 13.3.